The molecule has 0 unspecified atom stereocenters. The highest BCUT2D eigenvalue weighted by Gasteiger charge is 2.11. The first-order chi connectivity index (χ1) is 10.2. The second-order valence-electron chi connectivity index (χ2n) is 4.62. The number of pyridine rings is 1. The lowest BCUT2D eigenvalue weighted by molar-refractivity contribution is 0.0601. The molecule has 1 N–H and O–H groups in total. The SMILES string of the molecule is COC(=O)c1ccc2cc(-c3ccccc3)c(O)nc2c1. The minimum atomic E-state index is -0.426. The normalized spacial score (nSPS) is 10.5. The highest BCUT2D eigenvalue weighted by Crippen LogP contribution is 2.30. The van der Waals surface area contributed by atoms with Gasteiger partial charge >= 0.3 is 5.97 Å². The summed E-state index contributed by atoms with van der Waals surface area (Å²) in [4.78, 5) is 15.7. The smallest absolute Gasteiger partial charge is 0.337 e. The Kier molecular flexibility index (Phi) is 3.28. The number of ether oxygens (including phenoxy) is 1. The van der Waals surface area contributed by atoms with Gasteiger partial charge in [0, 0.05) is 10.9 Å². The number of aromatic hydroxyl groups is 1. The van der Waals surface area contributed by atoms with E-state index in [0.717, 1.165) is 10.9 Å². The lowest BCUT2D eigenvalue weighted by atomic mass is 10.0. The van der Waals surface area contributed by atoms with Gasteiger partial charge in [-0.1, -0.05) is 36.4 Å². The first-order valence-corrected chi connectivity index (χ1v) is 6.46. The van der Waals surface area contributed by atoms with Gasteiger partial charge in [0.05, 0.1) is 18.2 Å². The van der Waals surface area contributed by atoms with Crippen molar-refractivity contribution in [3.8, 4) is 17.0 Å². The van der Waals surface area contributed by atoms with E-state index in [1.807, 2.05) is 36.4 Å². The van der Waals surface area contributed by atoms with Gasteiger partial charge in [-0.25, -0.2) is 9.78 Å². The molecule has 0 aliphatic heterocycles. The number of carbonyl (C=O) groups excluding carboxylic acids is 1. The summed E-state index contributed by atoms with van der Waals surface area (Å²) >= 11 is 0. The molecular formula is C17H13NO3. The van der Waals surface area contributed by atoms with Crippen molar-refractivity contribution in [1.82, 2.24) is 4.98 Å². The van der Waals surface area contributed by atoms with Crippen LogP contribution in [-0.4, -0.2) is 23.2 Å². The number of fused-ring (bicyclic) bond motifs is 1. The van der Waals surface area contributed by atoms with Gasteiger partial charge < -0.3 is 9.84 Å². The highest BCUT2D eigenvalue weighted by atomic mass is 16.5. The molecule has 0 radical (unpaired) electrons. The van der Waals surface area contributed by atoms with E-state index in [1.54, 1.807) is 18.2 Å². The Morgan fingerprint density at radius 2 is 1.86 bits per heavy atom. The van der Waals surface area contributed by atoms with Crippen molar-refractivity contribution in [2.45, 2.75) is 0 Å². The van der Waals surface area contributed by atoms with Gasteiger partial charge in [-0.2, -0.15) is 0 Å². The molecule has 1 aromatic heterocycles. The van der Waals surface area contributed by atoms with Crippen molar-refractivity contribution in [3.63, 3.8) is 0 Å². The number of methoxy groups -OCH3 is 1. The third-order valence-corrected chi connectivity index (χ3v) is 3.30. The van der Waals surface area contributed by atoms with Crippen LogP contribution < -0.4 is 0 Å². The van der Waals surface area contributed by atoms with Crippen LogP contribution in [0.2, 0.25) is 0 Å². The lowest BCUT2D eigenvalue weighted by Gasteiger charge is -2.07. The number of rotatable bonds is 2. The Hall–Kier alpha value is -2.88. The number of aromatic nitrogens is 1. The summed E-state index contributed by atoms with van der Waals surface area (Å²) in [6.07, 6.45) is 0. The van der Waals surface area contributed by atoms with Crippen LogP contribution in [0.5, 0.6) is 5.88 Å². The first-order valence-electron chi connectivity index (χ1n) is 6.46. The van der Waals surface area contributed by atoms with Crippen molar-refractivity contribution >= 4 is 16.9 Å². The van der Waals surface area contributed by atoms with E-state index in [-0.39, 0.29) is 5.88 Å². The average Bonchev–Trinajstić information content (AvgIpc) is 2.53. The van der Waals surface area contributed by atoms with Crippen molar-refractivity contribution in [2.75, 3.05) is 7.11 Å². The summed E-state index contributed by atoms with van der Waals surface area (Å²) in [5, 5.41) is 11.0. The quantitative estimate of drug-likeness (QED) is 0.730. The molecule has 4 nitrogen and oxygen atoms in total. The molecule has 0 fully saturated rings. The van der Waals surface area contributed by atoms with Gasteiger partial charge in [0.15, 0.2) is 0 Å². The van der Waals surface area contributed by atoms with Gasteiger partial charge in [-0.15, -0.1) is 0 Å². The van der Waals surface area contributed by atoms with E-state index in [0.29, 0.717) is 16.6 Å². The molecule has 4 heteroatoms. The number of nitrogens with zero attached hydrogens (tertiary/aromatic N) is 1. The predicted molar refractivity (Wildman–Crippen MR) is 80.2 cm³/mol. The third kappa shape index (κ3) is 2.43. The van der Waals surface area contributed by atoms with E-state index in [1.165, 1.54) is 7.11 Å². The fraction of sp³-hybridized carbons (Fsp3) is 0.0588. The first kappa shape index (κ1) is 13.1. The maximum Gasteiger partial charge on any atom is 0.337 e. The molecule has 0 saturated carbocycles. The standard InChI is InChI=1S/C17H13NO3/c1-21-17(20)13-8-7-12-9-14(11-5-3-2-4-6-11)16(19)18-15(12)10-13/h2-10H,1H3,(H,18,19). The van der Waals surface area contributed by atoms with E-state index < -0.39 is 5.97 Å². The van der Waals surface area contributed by atoms with Crippen molar-refractivity contribution < 1.29 is 14.6 Å². The van der Waals surface area contributed by atoms with Gasteiger partial charge in [-0.05, 0) is 23.8 Å². The summed E-state index contributed by atoms with van der Waals surface area (Å²) < 4.78 is 4.68. The molecule has 0 aliphatic carbocycles. The molecule has 1 heterocycles. The molecule has 0 bridgehead atoms. The zero-order chi connectivity index (χ0) is 14.8. The highest BCUT2D eigenvalue weighted by molar-refractivity contribution is 5.95. The van der Waals surface area contributed by atoms with Crippen LogP contribution in [0.25, 0.3) is 22.0 Å². The second-order valence-corrected chi connectivity index (χ2v) is 4.62. The van der Waals surface area contributed by atoms with Crippen LogP contribution in [0.4, 0.5) is 0 Å². The topological polar surface area (TPSA) is 59.4 Å². The second kappa shape index (κ2) is 5.25. The van der Waals surface area contributed by atoms with Crippen LogP contribution in [0.1, 0.15) is 10.4 Å². The molecule has 0 amide bonds. The molecule has 0 spiro atoms. The maximum atomic E-state index is 11.5. The monoisotopic (exact) mass is 279 g/mol. The van der Waals surface area contributed by atoms with Crippen LogP contribution >= 0.6 is 0 Å². The predicted octanol–water partition coefficient (Wildman–Crippen LogP) is 3.39. The Labute approximate surface area is 121 Å². The zero-order valence-electron chi connectivity index (χ0n) is 11.4. The summed E-state index contributed by atoms with van der Waals surface area (Å²) in [5.41, 5.74) is 2.51. The number of benzene rings is 2. The Morgan fingerprint density at radius 3 is 2.57 bits per heavy atom. The van der Waals surface area contributed by atoms with Crippen LogP contribution in [0.15, 0.2) is 54.6 Å². The summed E-state index contributed by atoms with van der Waals surface area (Å²) in [6.45, 7) is 0. The average molecular weight is 279 g/mol. The minimum Gasteiger partial charge on any atom is -0.493 e. The Morgan fingerprint density at radius 1 is 1.10 bits per heavy atom. The molecule has 3 rings (SSSR count). The molecule has 2 aromatic carbocycles. The summed E-state index contributed by atoms with van der Waals surface area (Å²) in [7, 11) is 1.33. The lowest BCUT2D eigenvalue weighted by Crippen LogP contribution is -2.00. The summed E-state index contributed by atoms with van der Waals surface area (Å²) in [6, 6.07) is 16.5. The summed E-state index contributed by atoms with van der Waals surface area (Å²) in [5.74, 6) is -0.485. The van der Waals surface area contributed by atoms with E-state index in [2.05, 4.69) is 9.72 Å². The molecular weight excluding hydrogens is 266 g/mol. The Balaban J connectivity index is 2.15. The van der Waals surface area contributed by atoms with Gasteiger partial charge in [0.25, 0.3) is 0 Å². The van der Waals surface area contributed by atoms with Crippen LogP contribution in [0.3, 0.4) is 0 Å². The molecule has 0 aliphatic rings. The van der Waals surface area contributed by atoms with E-state index >= 15 is 0 Å². The Bertz CT molecular complexity index is 813. The van der Waals surface area contributed by atoms with Gasteiger partial charge in [-0.3, -0.25) is 0 Å². The molecule has 104 valence electrons. The van der Waals surface area contributed by atoms with Crippen LogP contribution in [-0.2, 0) is 4.74 Å². The van der Waals surface area contributed by atoms with Crippen molar-refractivity contribution in [2.24, 2.45) is 0 Å². The number of hydrogen-bond donors (Lipinski definition) is 1. The minimum absolute atomic E-state index is 0.0595. The molecule has 3 aromatic rings. The van der Waals surface area contributed by atoms with Gasteiger partial charge in [0.2, 0.25) is 5.88 Å². The zero-order valence-corrected chi connectivity index (χ0v) is 11.4. The van der Waals surface area contributed by atoms with Crippen molar-refractivity contribution in [3.05, 3.63) is 60.2 Å². The largest absolute Gasteiger partial charge is 0.493 e. The third-order valence-electron chi connectivity index (χ3n) is 3.30. The van der Waals surface area contributed by atoms with Gasteiger partial charge in [0.1, 0.15) is 0 Å². The maximum absolute atomic E-state index is 11.5. The number of hydrogen-bond acceptors (Lipinski definition) is 4. The molecule has 21 heavy (non-hydrogen) atoms. The van der Waals surface area contributed by atoms with E-state index in [9.17, 15) is 9.90 Å². The van der Waals surface area contributed by atoms with E-state index in [4.69, 9.17) is 0 Å². The van der Waals surface area contributed by atoms with Crippen LogP contribution in [0, 0.1) is 0 Å². The van der Waals surface area contributed by atoms with Crippen molar-refractivity contribution in [1.29, 1.82) is 0 Å². The molecule has 0 saturated heterocycles. The number of carbonyl (C=O) groups is 1. The molecule has 0 atom stereocenters. The fourth-order valence-corrected chi connectivity index (χ4v) is 2.23. The number of esters is 1. The fourth-order valence-electron chi connectivity index (χ4n) is 2.23.